The van der Waals surface area contributed by atoms with Gasteiger partial charge in [0.15, 0.2) is 0 Å². The van der Waals surface area contributed by atoms with E-state index in [4.69, 9.17) is 9.05 Å². The van der Waals surface area contributed by atoms with Gasteiger partial charge >= 0.3 is 7.82 Å². The number of rotatable bonds is 7. The molecule has 92 valence electrons. The molecule has 0 aromatic carbocycles. The van der Waals surface area contributed by atoms with Crippen LogP contribution in [0.1, 0.15) is 13.8 Å². The van der Waals surface area contributed by atoms with E-state index in [1.807, 2.05) is 35.0 Å². The maximum Gasteiger partial charge on any atom is 0.472 e. The summed E-state index contributed by atoms with van der Waals surface area (Å²) in [6.07, 6.45) is 0. The van der Waals surface area contributed by atoms with Crippen LogP contribution in [-0.4, -0.2) is 50.3 Å². The van der Waals surface area contributed by atoms with Crippen LogP contribution in [0.2, 0.25) is 0 Å². The monoisotopic (exact) mass is 240 g/mol. The van der Waals surface area contributed by atoms with Gasteiger partial charge in [-0.05, 0) is 5.92 Å². The molecule has 0 spiro atoms. The molecule has 0 saturated heterocycles. The van der Waals surface area contributed by atoms with Crippen LogP contribution in [0.4, 0.5) is 0 Å². The Morgan fingerprint density at radius 2 is 1.80 bits per heavy atom. The Morgan fingerprint density at radius 3 is 2.20 bits per heavy atom. The van der Waals surface area contributed by atoms with Crippen molar-refractivity contribution in [3.05, 3.63) is 0 Å². The lowest BCUT2D eigenvalue weighted by Gasteiger charge is -2.24. The molecule has 0 aliphatic carbocycles. The minimum atomic E-state index is -3.84. The Kier molecular flexibility index (Phi) is 5.99. The van der Waals surface area contributed by atoms with Crippen LogP contribution in [0.25, 0.3) is 0 Å². The zero-order valence-electron chi connectivity index (χ0n) is 10.3. The van der Waals surface area contributed by atoms with Gasteiger partial charge in [-0.1, -0.05) is 13.8 Å². The van der Waals surface area contributed by atoms with Gasteiger partial charge in [-0.2, -0.15) is 0 Å². The highest BCUT2D eigenvalue weighted by Crippen LogP contribution is 2.43. The molecular weight excluding hydrogens is 217 g/mol. The maximum atomic E-state index is 11.3. The van der Waals surface area contributed by atoms with Gasteiger partial charge in [0.1, 0.15) is 13.2 Å². The summed E-state index contributed by atoms with van der Waals surface area (Å²) < 4.78 is 21.6. The van der Waals surface area contributed by atoms with Crippen molar-refractivity contribution in [1.82, 2.24) is 0 Å². The number of nitrogens with zero attached hydrogens (tertiary/aromatic N) is 1. The predicted molar refractivity (Wildman–Crippen MR) is 59.5 cm³/mol. The highest BCUT2D eigenvalue weighted by atomic mass is 31.2. The first kappa shape index (κ1) is 15.1. The van der Waals surface area contributed by atoms with Crippen molar-refractivity contribution in [1.29, 1.82) is 0 Å². The second-order valence-corrected chi connectivity index (χ2v) is 6.46. The van der Waals surface area contributed by atoms with Crippen molar-refractivity contribution in [2.45, 2.75) is 13.8 Å². The Morgan fingerprint density at radius 1 is 1.27 bits per heavy atom. The molecule has 1 N–H and O–H groups in total. The molecule has 15 heavy (non-hydrogen) atoms. The quantitative estimate of drug-likeness (QED) is 0.541. The zero-order chi connectivity index (χ0) is 12.1. The minimum absolute atomic E-state index is 0.215. The summed E-state index contributed by atoms with van der Waals surface area (Å²) in [6, 6.07) is 0. The van der Waals surface area contributed by atoms with E-state index in [-0.39, 0.29) is 19.1 Å². The van der Waals surface area contributed by atoms with Crippen LogP contribution in [0.3, 0.4) is 0 Å². The van der Waals surface area contributed by atoms with Crippen LogP contribution in [0.15, 0.2) is 0 Å². The van der Waals surface area contributed by atoms with Gasteiger partial charge < -0.3 is 9.38 Å². The second kappa shape index (κ2) is 5.97. The van der Waals surface area contributed by atoms with E-state index >= 15 is 0 Å². The van der Waals surface area contributed by atoms with Crippen LogP contribution in [-0.2, 0) is 13.6 Å². The van der Waals surface area contributed by atoms with Gasteiger partial charge in [0.05, 0.1) is 27.7 Å². The Bertz CT molecular complexity index is 225. The number of quaternary nitrogens is 1. The summed E-state index contributed by atoms with van der Waals surface area (Å²) in [7, 11) is 2.12. The lowest BCUT2D eigenvalue weighted by Crippen LogP contribution is -2.37. The highest BCUT2D eigenvalue weighted by molar-refractivity contribution is 7.47. The van der Waals surface area contributed by atoms with E-state index in [0.717, 1.165) is 0 Å². The molecular formula is C9H23NO4P+. The summed E-state index contributed by atoms with van der Waals surface area (Å²) in [4.78, 5) is 9.26. The van der Waals surface area contributed by atoms with E-state index in [1.165, 1.54) is 0 Å². The largest absolute Gasteiger partial charge is 0.472 e. The smallest absolute Gasteiger partial charge is 0.329 e. The lowest BCUT2D eigenvalue weighted by molar-refractivity contribution is -0.870. The fraction of sp³-hybridized carbons (Fsp3) is 1.00. The molecule has 0 aromatic rings. The van der Waals surface area contributed by atoms with Crippen LogP contribution >= 0.6 is 7.82 Å². The van der Waals surface area contributed by atoms with Crippen molar-refractivity contribution >= 4 is 7.82 Å². The van der Waals surface area contributed by atoms with E-state index in [0.29, 0.717) is 11.0 Å². The Hall–Kier alpha value is 0.0700. The summed E-state index contributed by atoms with van der Waals surface area (Å²) in [6.45, 7) is 4.93. The molecule has 1 atom stereocenters. The van der Waals surface area contributed by atoms with Crippen LogP contribution < -0.4 is 0 Å². The number of phosphoric ester groups is 1. The van der Waals surface area contributed by atoms with Gasteiger partial charge in [-0.25, -0.2) is 4.57 Å². The lowest BCUT2D eigenvalue weighted by atomic mass is 10.2. The third kappa shape index (κ3) is 10.4. The summed E-state index contributed by atoms with van der Waals surface area (Å²) >= 11 is 0. The first-order valence-electron chi connectivity index (χ1n) is 5.05. The van der Waals surface area contributed by atoms with Crippen molar-refractivity contribution in [3.8, 4) is 0 Å². The third-order valence-electron chi connectivity index (χ3n) is 1.59. The molecule has 0 bridgehead atoms. The summed E-state index contributed by atoms with van der Waals surface area (Å²) in [5.41, 5.74) is 0. The molecule has 5 nitrogen and oxygen atoms in total. The number of hydrogen-bond acceptors (Lipinski definition) is 3. The standard InChI is InChI=1S/C9H22NO4P/c1-9(2)8-14-15(11,12)13-7-6-10(3,4)5/h9H,6-8H2,1-5H3/p+1. The Balaban J connectivity index is 3.79. The molecule has 0 fully saturated rings. The minimum Gasteiger partial charge on any atom is -0.329 e. The summed E-state index contributed by atoms with van der Waals surface area (Å²) in [5, 5.41) is 0. The third-order valence-corrected chi connectivity index (χ3v) is 2.57. The fourth-order valence-electron chi connectivity index (χ4n) is 0.711. The molecule has 0 saturated carbocycles. The van der Waals surface area contributed by atoms with Gasteiger partial charge in [0.25, 0.3) is 0 Å². The van der Waals surface area contributed by atoms with Gasteiger partial charge in [-0.3, -0.25) is 9.05 Å². The number of hydrogen-bond donors (Lipinski definition) is 1. The van der Waals surface area contributed by atoms with Crippen LogP contribution in [0.5, 0.6) is 0 Å². The molecule has 0 rings (SSSR count). The summed E-state index contributed by atoms with van der Waals surface area (Å²) in [5.74, 6) is 0.215. The normalized spacial score (nSPS) is 16.7. The molecule has 0 aliphatic rings. The second-order valence-electron chi connectivity index (χ2n) is 5.01. The van der Waals surface area contributed by atoms with E-state index < -0.39 is 7.82 Å². The number of phosphoric acid groups is 1. The predicted octanol–water partition coefficient (Wildman–Crippen LogP) is 1.48. The van der Waals surface area contributed by atoms with Crippen molar-refractivity contribution in [3.63, 3.8) is 0 Å². The van der Waals surface area contributed by atoms with E-state index in [2.05, 4.69) is 0 Å². The molecule has 0 amide bonds. The van der Waals surface area contributed by atoms with Gasteiger partial charge in [0.2, 0.25) is 0 Å². The highest BCUT2D eigenvalue weighted by Gasteiger charge is 2.22. The molecule has 0 aliphatic heterocycles. The van der Waals surface area contributed by atoms with Gasteiger partial charge in [0, 0.05) is 0 Å². The first-order valence-corrected chi connectivity index (χ1v) is 6.54. The molecule has 0 radical (unpaired) electrons. The van der Waals surface area contributed by atoms with Crippen molar-refractivity contribution in [2.75, 3.05) is 40.9 Å². The van der Waals surface area contributed by atoms with Crippen molar-refractivity contribution < 1.29 is 23.0 Å². The zero-order valence-corrected chi connectivity index (χ0v) is 11.2. The molecule has 0 aromatic heterocycles. The number of likely N-dealkylation sites (N-methyl/N-ethyl adjacent to an activating group) is 1. The molecule has 1 unspecified atom stereocenters. The van der Waals surface area contributed by atoms with Crippen molar-refractivity contribution in [2.24, 2.45) is 5.92 Å². The molecule has 0 heterocycles. The van der Waals surface area contributed by atoms with E-state index in [1.54, 1.807) is 0 Å². The topological polar surface area (TPSA) is 55.8 Å². The van der Waals surface area contributed by atoms with Crippen LogP contribution in [0, 0.1) is 5.92 Å². The maximum absolute atomic E-state index is 11.3. The average molecular weight is 240 g/mol. The Labute approximate surface area is 92.2 Å². The SMILES string of the molecule is CC(C)COP(=O)(O)OCC[N+](C)(C)C. The van der Waals surface area contributed by atoms with E-state index in [9.17, 15) is 9.46 Å². The van der Waals surface area contributed by atoms with Gasteiger partial charge in [-0.15, -0.1) is 0 Å². The first-order chi connectivity index (χ1) is 6.62. The average Bonchev–Trinajstić information content (AvgIpc) is 1.98. The molecule has 6 heteroatoms. The fourth-order valence-corrected chi connectivity index (χ4v) is 1.58.